The molecule has 118 valence electrons. The monoisotopic (exact) mass is 305 g/mol. The zero-order chi connectivity index (χ0) is 15.3. The molecular weight excluding hydrogens is 278 g/mol. The molecule has 0 aliphatic carbocycles. The Morgan fingerprint density at radius 1 is 1.25 bits per heavy atom. The van der Waals surface area contributed by atoms with Gasteiger partial charge in [-0.3, -0.25) is 9.69 Å². The van der Waals surface area contributed by atoms with Crippen molar-refractivity contribution in [3.8, 4) is 0 Å². The van der Waals surface area contributed by atoms with Crippen molar-refractivity contribution in [1.82, 2.24) is 9.80 Å². The summed E-state index contributed by atoms with van der Waals surface area (Å²) in [6.45, 7) is 7.42. The molecule has 0 aromatic carbocycles. The van der Waals surface area contributed by atoms with Gasteiger partial charge in [-0.25, -0.2) is 8.42 Å². The van der Waals surface area contributed by atoms with Gasteiger partial charge in [-0.15, -0.1) is 0 Å². The molecule has 0 spiro atoms. The number of hydrogen-bond donors (Lipinski definition) is 1. The average Bonchev–Trinajstić information content (AvgIpc) is 2.42. The lowest BCUT2D eigenvalue weighted by Crippen LogP contribution is -2.54. The Labute approximate surface area is 122 Å². The number of piperazine rings is 1. The number of sulfone groups is 1. The number of nitrogens with zero attached hydrogens (tertiary/aromatic N) is 2. The molecule has 1 fully saturated rings. The maximum absolute atomic E-state index is 12.1. The third kappa shape index (κ3) is 5.38. The minimum Gasteiger partial charge on any atom is -0.339 e. The van der Waals surface area contributed by atoms with Gasteiger partial charge < -0.3 is 10.6 Å². The van der Waals surface area contributed by atoms with E-state index in [-0.39, 0.29) is 18.1 Å². The van der Waals surface area contributed by atoms with E-state index in [9.17, 15) is 13.2 Å². The minimum atomic E-state index is -3.07. The van der Waals surface area contributed by atoms with Crippen LogP contribution in [0.15, 0.2) is 0 Å². The SMILES string of the molecule is CCC(C)N1CCN(C(=O)C(N)CCS(C)(=O)=O)CC1. The van der Waals surface area contributed by atoms with Gasteiger partial charge in [-0.1, -0.05) is 6.92 Å². The Hall–Kier alpha value is -0.660. The van der Waals surface area contributed by atoms with Crippen LogP contribution < -0.4 is 5.73 Å². The largest absolute Gasteiger partial charge is 0.339 e. The van der Waals surface area contributed by atoms with E-state index in [4.69, 9.17) is 5.73 Å². The first-order chi connectivity index (χ1) is 9.24. The number of carbonyl (C=O) groups excluding carboxylic acids is 1. The van der Waals surface area contributed by atoms with E-state index in [1.54, 1.807) is 4.90 Å². The molecule has 1 amide bonds. The molecule has 0 aromatic rings. The second-order valence-electron chi connectivity index (χ2n) is 5.64. The standard InChI is InChI=1S/C13H27N3O3S/c1-4-11(2)15-6-8-16(9-7-15)13(17)12(14)5-10-20(3,18)19/h11-12H,4-10,14H2,1-3H3. The van der Waals surface area contributed by atoms with Crippen LogP contribution in [0.25, 0.3) is 0 Å². The van der Waals surface area contributed by atoms with E-state index in [2.05, 4.69) is 18.7 Å². The van der Waals surface area contributed by atoms with Crippen LogP contribution in [0, 0.1) is 0 Å². The quantitative estimate of drug-likeness (QED) is 0.728. The summed E-state index contributed by atoms with van der Waals surface area (Å²) in [5.41, 5.74) is 5.81. The zero-order valence-corrected chi connectivity index (χ0v) is 13.5. The lowest BCUT2D eigenvalue weighted by atomic mass is 10.1. The van der Waals surface area contributed by atoms with E-state index in [1.807, 2.05) is 0 Å². The van der Waals surface area contributed by atoms with E-state index in [0.717, 1.165) is 25.8 Å². The van der Waals surface area contributed by atoms with Crippen LogP contribution in [0.3, 0.4) is 0 Å². The van der Waals surface area contributed by atoms with Crippen LogP contribution in [0.2, 0.25) is 0 Å². The molecule has 1 aliphatic rings. The maximum atomic E-state index is 12.1. The van der Waals surface area contributed by atoms with Crippen molar-refractivity contribution in [2.45, 2.75) is 38.8 Å². The van der Waals surface area contributed by atoms with Gasteiger partial charge in [0.2, 0.25) is 5.91 Å². The molecule has 20 heavy (non-hydrogen) atoms. The van der Waals surface area contributed by atoms with Crippen molar-refractivity contribution < 1.29 is 13.2 Å². The van der Waals surface area contributed by atoms with E-state index >= 15 is 0 Å². The Kier molecular flexibility index (Phi) is 6.42. The fraction of sp³-hybridized carbons (Fsp3) is 0.923. The average molecular weight is 305 g/mol. The predicted molar refractivity (Wildman–Crippen MR) is 80.2 cm³/mol. The highest BCUT2D eigenvalue weighted by Crippen LogP contribution is 2.10. The van der Waals surface area contributed by atoms with Crippen molar-refractivity contribution in [3.63, 3.8) is 0 Å². The third-order valence-electron chi connectivity index (χ3n) is 3.96. The molecule has 1 aliphatic heterocycles. The third-order valence-corrected chi connectivity index (χ3v) is 4.93. The number of amides is 1. The highest BCUT2D eigenvalue weighted by molar-refractivity contribution is 7.90. The predicted octanol–water partition coefficient (Wildman–Crippen LogP) is -0.309. The lowest BCUT2D eigenvalue weighted by Gasteiger charge is -2.38. The van der Waals surface area contributed by atoms with E-state index in [0.29, 0.717) is 19.1 Å². The molecule has 2 atom stereocenters. The molecule has 1 saturated heterocycles. The summed E-state index contributed by atoms with van der Waals surface area (Å²) in [6, 6.07) is -0.175. The first-order valence-corrected chi connectivity index (χ1v) is 9.26. The molecule has 6 nitrogen and oxygen atoms in total. The van der Waals surface area contributed by atoms with Crippen LogP contribution in [-0.2, 0) is 14.6 Å². The van der Waals surface area contributed by atoms with Gasteiger partial charge in [0.1, 0.15) is 9.84 Å². The molecule has 1 rings (SSSR count). The molecule has 0 saturated carbocycles. The van der Waals surface area contributed by atoms with E-state index < -0.39 is 15.9 Å². The fourth-order valence-electron chi connectivity index (χ4n) is 2.34. The highest BCUT2D eigenvalue weighted by atomic mass is 32.2. The first kappa shape index (κ1) is 17.4. The van der Waals surface area contributed by atoms with Gasteiger partial charge in [0.05, 0.1) is 11.8 Å². The van der Waals surface area contributed by atoms with Crippen LogP contribution in [-0.4, -0.2) is 74.4 Å². The number of hydrogen-bond acceptors (Lipinski definition) is 5. The Morgan fingerprint density at radius 2 is 1.80 bits per heavy atom. The lowest BCUT2D eigenvalue weighted by molar-refractivity contribution is -0.134. The topological polar surface area (TPSA) is 83.7 Å². The number of carbonyl (C=O) groups is 1. The number of nitrogens with two attached hydrogens (primary N) is 1. The summed E-state index contributed by atoms with van der Waals surface area (Å²) in [7, 11) is -3.07. The summed E-state index contributed by atoms with van der Waals surface area (Å²) < 4.78 is 22.2. The van der Waals surface area contributed by atoms with Gasteiger partial charge in [-0.05, 0) is 19.8 Å². The first-order valence-electron chi connectivity index (χ1n) is 7.20. The molecule has 0 bridgehead atoms. The smallest absolute Gasteiger partial charge is 0.239 e. The van der Waals surface area contributed by atoms with Crippen molar-refractivity contribution in [1.29, 1.82) is 0 Å². The Balaban J connectivity index is 2.42. The molecule has 1 heterocycles. The number of rotatable bonds is 6. The van der Waals surface area contributed by atoms with Gasteiger partial charge >= 0.3 is 0 Å². The van der Waals surface area contributed by atoms with Gasteiger partial charge in [0, 0.05) is 38.5 Å². The van der Waals surface area contributed by atoms with Crippen LogP contribution in [0.5, 0.6) is 0 Å². The molecular formula is C13H27N3O3S. The van der Waals surface area contributed by atoms with Crippen molar-refractivity contribution >= 4 is 15.7 Å². The van der Waals surface area contributed by atoms with Crippen molar-refractivity contribution in [3.05, 3.63) is 0 Å². The second-order valence-corrected chi connectivity index (χ2v) is 7.90. The normalized spacial score (nSPS) is 20.7. The summed E-state index contributed by atoms with van der Waals surface area (Å²) in [4.78, 5) is 16.3. The second kappa shape index (κ2) is 7.38. The minimum absolute atomic E-state index is 0.0350. The van der Waals surface area contributed by atoms with Gasteiger partial charge in [-0.2, -0.15) is 0 Å². The fourth-order valence-corrected chi connectivity index (χ4v) is 3.02. The van der Waals surface area contributed by atoms with E-state index in [1.165, 1.54) is 0 Å². The van der Waals surface area contributed by atoms with Crippen LogP contribution >= 0.6 is 0 Å². The Bertz CT molecular complexity index is 417. The summed E-state index contributed by atoms with van der Waals surface area (Å²) in [5.74, 6) is -0.162. The molecule has 7 heteroatoms. The highest BCUT2D eigenvalue weighted by Gasteiger charge is 2.26. The van der Waals surface area contributed by atoms with Crippen molar-refractivity contribution in [2.24, 2.45) is 5.73 Å². The zero-order valence-electron chi connectivity index (χ0n) is 12.7. The van der Waals surface area contributed by atoms with Crippen molar-refractivity contribution in [2.75, 3.05) is 38.2 Å². The summed E-state index contributed by atoms with van der Waals surface area (Å²) in [5, 5.41) is 0. The summed E-state index contributed by atoms with van der Waals surface area (Å²) >= 11 is 0. The maximum Gasteiger partial charge on any atom is 0.239 e. The van der Waals surface area contributed by atoms with Crippen LogP contribution in [0.1, 0.15) is 26.7 Å². The van der Waals surface area contributed by atoms with Gasteiger partial charge in [0.25, 0.3) is 0 Å². The molecule has 2 N–H and O–H groups in total. The Morgan fingerprint density at radius 3 is 2.25 bits per heavy atom. The summed E-state index contributed by atoms with van der Waals surface area (Å²) in [6.07, 6.45) is 2.46. The molecule has 2 unspecified atom stereocenters. The molecule has 0 aromatic heterocycles. The van der Waals surface area contributed by atoms with Gasteiger partial charge in [0.15, 0.2) is 0 Å². The molecule has 0 radical (unpaired) electrons. The van der Waals surface area contributed by atoms with Crippen LogP contribution in [0.4, 0.5) is 0 Å².